The molecule has 0 saturated heterocycles. The van der Waals surface area contributed by atoms with Crippen LogP contribution in [0.2, 0.25) is 5.02 Å². The Kier molecular flexibility index (Phi) is 3.46. The predicted molar refractivity (Wildman–Crippen MR) is 68.2 cm³/mol. The minimum Gasteiger partial charge on any atom is -0.355 e. The molecule has 86 valence electrons. The minimum atomic E-state index is 0.732. The van der Waals surface area contributed by atoms with Crippen molar-refractivity contribution < 1.29 is 0 Å². The summed E-state index contributed by atoms with van der Waals surface area (Å²) in [5.74, 6) is 1.63. The van der Waals surface area contributed by atoms with Crippen LogP contribution in [0, 0.1) is 0 Å². The second-order valence-electron chi connectivity index (χ2n) is 3.22. The maximum absolute atomic E-state index is 6.10. The lowest BCUT2D eigenvalue weighted by Crippen LogP contribution is -2.06. The Hall–Kier alpha value is -1.07. The molecule has 2 heterocycles. The minimum absolute atomic E-state index is 0.732. The number of anilines is 1. The molecule has 0 radical (unpaired) electrons. The normalized spacial score (nSPS) is 10.7. The topological polar surface area (TPSA) is 42.7 Å². The van der Waals surface area contributed by atoms with E-state index in [-0.39, 0.29) is 0 Å². The number of aromatic nitrogens is 3. The maximum Gasteiger partial charge on any atom is 0.224 e. The lowest BCUT2D eigenvalue weighted by atomic mass is 10.4. The number of hydrogen-bond acceptors (Lipinski definition) is 4. The highest BCUT2D eigenvalue weighted by molar-refractivity contribution is 7.14. The van der Waals surface area contributed by atoms with Crippen molar-refractivity contribution in [3.8, 4) is 10.7 Å². The van der Waals surface area contributed by atoms with Gasteiger partial charge in [0.2, 0.25) is 5.95 Å². The molecule has 0 fully saturated rings. The molecule has 0 unspecified atom stereocenters. The molecular weight excluding hydrogens is 244 g/mol. The van der Waals surface area contributed by atoms with Gasteiger partial charge in [-0.3, -0.25) is 4.57 Å². The molecule has 0 aliphatic heterocycles. The van der Waals surface area contributed by atoms with E-state index >= 15 is 0 Å². The summed E-state index contributed by atoms with van der Waals surface area (Å²) in [6, 6.07) is 1.88. The van der Waals surface area contributed by atoms with Gasteiger partial charge >= 0.3 is 0 Å². The van der Waals surface area contributed by atoms with Crippen LogP contribution in [0.5, 0.6) is 0 Å². The number of hydrogen-bond donors (Lipinski definition) is 1. The van der Waals surface area contributed by atoms with E-state index < -0.39 is 0 Å². The fourth-order valence-corrected chi connectivity index (χ4v) is 2.65. The fourth-order valence-electron chi connectivity index (χ4n) is 1.51. The lowest BCUT2D eigenvalue weighted by molar-refractivity contribution is 0.771. The van der Waals surface area contributed by atoms with Gasteiger partial charge in [0, 0.05) is 13.1 Å². The molecule has 2 aromatic rings. The number of nitrogens with one attached hydrogen (secondary N) is 1. The standard InChI is InChI=1S/C10H13ClN4S/c1-3-12-10-14-13-9(15(10)4-2)8-7(11)5-6-16-8/h5-6H,3-4H2,1-2H3,(H,12,14). The molecular formula is C10H13ClN4S. The van der Waals surface area contributed by atoms with Gasteiger partial charge in [0.15, 0.2) is 5.82 Å². The van der Waals surface area contributed by atoms with E-state index in [9.17, 15) is 0 Å². The van der Waals surface area contributed by atoms with Gasteiger partial charge < -0.3 is 5.32 Å². The van der Waals surface area contributed by atoms with E-state index in [1.807, 2.05) is 22.9 Å². The van der Waals surface area contributed by atoms with Gasteiger partial charge in [0.05, 0.1) is 9.90 Å². The Bertz CT molecular complexity index is 477. The molecule has 2 rings (SSSR count). The van der Waals surface area contributed by atoms with Crippen molar-refractivity contribution >= 4 is 28.9 Å². The van der Waals surface area contributed by atoms with Gasteiger partial charge in [-0.15, -0.1) is 21.5 Å². The van der Waals surface area contributed by atoms with Crippen LogP contribution in [0.25, 0.3) is 10.7 Å². The van der Waals surface area contributed by atoms with Crippen LogP contribution in [0.15, 0.2) is 11.4 Å². The summed E-state index contributed by atoms with van der Waals surface area (Å²) in [7, 11) is 0. The number of nitrogens with zero attached hydrogens (tertiary/aromatic N) is 3. The molecule has 0 aliphatic rings. The summed E-state index contributed by atoms with van der Waals surface area (Å²) in [4.78, 5) is 0.972. The summed E-state index contributed by atoms with van der Waals surface area (Å²) >= 11 is 7.68. The molecule has 0 bridgehead atoms. The molecule has 0 amide bonds. The van der Waals surface area contributed by atoms with Gasteiger partial charge in [-0.25, -0.2) is 0 Å². The van der Waals surface area contributed by atoms with Gasteiger partial charge in [0.1, 0.15) is 0 Å². The summed E-state index contributed by atoms with van der Waals surface area (Å²) in [5.41, 5.74) is 0. The molecule has 0 saturated carbocycles. The monoisotopic (exact) mass is 256 g/mol. The summed E-state index contributed by atoms with van der Waals surface area (Å²) in [6.45, 7) is 5.75. The van der Waals surface area contributed by atoms with Crippen LogP contribution >= 0.6 is 22.9 Å². The van der Waals surface area contributed by atoms with Crippen LogP contribution in [0.4, 0.5) is 5.95 Å². The average Bonchev–Trinajstić information content (AvgIpc) is 2.84. The van der Waals surface area contributed by atoms with Crippen molar-refractivity contribution in [2.45, 2.75) is 20.4 Å². The summed E-state index contributed by atoms with van der Waals surface area (Å²) < 4.78 is 2.03. The van der Waals surface area contributed by atoms with Crippen molar-refractivity contribution in [2.75, 3.05) is 11.9 Å². The quantitative estimate of drug-likeness (QED) is 0.914. The smallest absolute Gasteiger partial charge is 0.224 e. The zero-order chi connectivity index (χ0) is 11.5. The zero-order valence-electron chi connectivity index (χ0n) is 9.20. The van der Waals surface area contributed by atoms with Crippen LogP contribution in [-0.4, -0.2) is 21.3 Å². The molecule has 2 aromatic heterocycles. The average molecular weight is 257 g/mol. The highest BCUT2D eigenvalue weighted by atomic mass is 35.5. The third kappa shape index (κ3) is 1.92. The fraction of sp³-hybridized carbons (Fsp3) is 0.400. The lowest BCUT2D eigenvalue weighted by Gasteiger charge is -2.06. The Morgan fingerprint density at radius 3 is 2.81 bits per heavy atom. The predicted octanol–water partition coefficient (Wildman–Crippen LogP) is 3.11. The van der Waals surface area contributed by atoms with Crippen molar-refractivity contribution in [2.24, 2.45) is 0 Å². The van der Waals surface area contributed by atoms with Gasteiger partial charge in [0.25, 0.3) is 0 Å². The van der Waals surface area contributed by atoms with E-state index in [1.54, 1.807) is 11.3 Å². The molecule has 0 atom stereocenters. The highest BCUT2D eigenvalue weighted by Gasteiger charge is 2.15. The molecule has 4 nitrogen and oxygen atoms in total. The molecule has 1 N–H and O–H groups in total. The number of thiophene rings is 1. The van der Waals surface area contributed by atoms with Crippen LogP contribution in [0.1, 0.15) is 13.8 Å². The van der Waals surface area contributed by atoms with Crippen LogP contribution < -0.4 is 5.32 Å². The Balaban J connectivity index is 2.46. The molecule has 6 heteroatoms. The van der Waals surface area contributed by atoms with Crippen molar-refractivity contribution in [1.82, 2.24) is 14.8 Å². The third-order valence-electron chi connectivity index (χ3n) is 2.22. The van der Waals surface area contributed by atoms with Gasteiger partial charge in [-0.05, 0) is 25.3 Å². The molecule has 0 spiro atoms. The summed E-state index contributed by atoms with van der Waals surface area (Å²) in [5, 5.41) is 14.2. The van der Waals surface area contributed by atoms with Crippen molar-refractivity contribution in [1.29, 1.82) is 0 Å². The first-order chi connectivity index (χ1) is 7.77. The van der Waals surface area contributed by atoms with Crippen LogP contribution in [0.3, 0.4) is 0 Å². The van der Waals surface area contributed by atoms with Gasteiger partial charge in [-0.1, -0.05) is 11.6 Å². The maximum atomic E-state index is 6.10. The third-order valence-corrected chi connectivity index (χ3v) is 3.56. The largest absolute Gasteiger partial charge is 0.355 e. The first-order valence-corrected chi connectivity index (χ1v) is 6.44. The summed E-state index contributed by atoms with van der Waals surface area (Å²) in [6.07, 6.45) is 0. The Morgan fingerprint density at radius 1 is 1.44 bits per heavy atom. The second kappa shape index (κ2) is 4.84. The Morgan fingerprint density at radius 2 is 2.25 bits per heavy atom. The molecule has 16 heavy (non-hydrogen) atoms. The first-order valence-electron chi connectivity index (χ1n) is 5.18. The van der Waals surface area contributed by atoms with E-state index in [1.165, 1.54) is 0 Å². The number of halogens is 1. The van der Waals surface area contributed by atoms with E-state index in [4.69, 9.17) is 11.6 Å². The van der Waals surface area contributed by atoms with Crippen molar-refractivity contribution in [3.63, 3.8) is 0 Å². The van der Waals surface area contributed by atoms with Crippen LogP contribution in [-0.2, 0) is 6.54 Å². The highest BCUT2D eigenvalue weighted by Crippen LogP contribution is 2.32. The first kappa shape index (κ1) is 11.4. The molecule has 0 aromatic carbocycles. The van der Waals surface area contributed by atoms with E-state index in [0.29, 0.717) is 0 Å². The second-order valence-corrected chi connectivity index (χ2v) is 4.54. The Labute approximate surface area is 103 Å². The number of rotatable bonds is 4. The molecule has 0 aliphatic carbocycles. The SMILES string of the molecule is CCNc1nnc(-c2sccc2Cl)n1CC. The van der Waals surface area contributed by atoms with E-state index in [0.717, 1.165) is 34.8 Å². The zero-order valence-corrected chi connectivity index (χ0v) is 10.8. The van der Waals surface area contributed by atoms with E-state index in [2.05, 4.69) is 22.4 Å². The van der Waals surface area contributed by atoms with Crippen molar-refractivity contribution in [3.05, 3.63) is 16.5 Å². The van der Waals surface area contributed by atoms with Gasteiger partial charge in [-0.2, -0.15) is 0 Å².